The van der Waals surface area contributed by atoms with Gasteiger partial charge in [-0.05, 0) is 48.9 Å². The Bertz CT molecular complexity index is 1080. The van der Waals surface area contributed by atoms with Crippen LogP contribution in [-0.2, 0) is 11.3 Å². The van der Waals surface area contributed by atoms with Gasteiger partial charge in [-0.3, -0.25) is 4.90 Å². The predicted molar refractivity (Wildman–Crippen MR) is 136 cm³/mol. The average molecular weight is 550 g/mol. The molecular formula is C25H25ClINO3. The highest BCUT2D eigenvalue weighted by molar-refractivity contribution is 14.1. The van der Waals surface area contributed by atoms with Crippen LogP contribution in [0.25, 0.3) is 10.8 Å². The molecule has 0 spiro atoms. The van der Waals surface area contributed by atoms with Gasteiger partial charge in [-0.1, -0.05) is 72.3 Å². The summed E-state index contributed by atoms with van der Waals surface area (Å²) >= 11 is 8.04. The Morgan fingerprint density at radius 3 is 2.35 bits per heavy atom. The molecule has 0 heterocycles. The van der Waals surface area contributed by atoms with Gasteiger partial charge in [0.15, 0.2) is 0 Å². The summed E-state index contributed by atoms with van der Waals surface area (Å²) in [5, 5.41) is 2.00. The van der Waals surface area contributed by atoms with Crippen molar-refractivity contribution in [3.8, 4) is 5.75 Å². The number of hydrogen-bond acceptors (Lipinski definition) is 3. The Morgan fingerprint density at radius 1 is 1.06 bits per heavy atom. The normalized spacial score (nSPS) is 11.6. The van der Waals surface area contributed by atoms with Crippen LogP contribution in [0.3, 0.4) is 0 Å². The van der Waals surface area contributed by atoms with Gasteiger partial charge in [0.05, 0.1) is 5.69 Å². The molecule has 0 atom stereocenters. The SMILES string of the molecule is CC(C)(C)OC(=O)N(CC=CCl)c1cc(OCc2ccccc2)c2ccccc2c1I. The van der Waals surface area contributed by atoms with Gasteiger partial charge in [0.2, 0.25) is 0 Å². The smallest absolute Gasteiger partial charge is 0.415 e. The number of carbonyl (C=O) groups excluding carboxylic acids is 1. The fraction of sp³-hybridized carbons (Fsp3) is 0.240. The van der Waals surface area contributed by atoms with Gasteiger partial charge in [0.25, 0.3) is 0 Å². The first kappa shape index (κ1) is 23.4. The summed E-state index contributed by atoms with van der Waals surface area (Å²) in [5.41, 5.74) is 2.57. The molecule has 0 aliphatic rings. The predicted octanol–water partition coefficient (Wildman–Crippen LogP) is 7.52. The lowest BCUT2D eigenvalue weighted by Crippen LogP contribution is -2.37. The van der Waals surface area contributed by atoms with Crippen molar-refractivity contribution < 1.29 is 14.3 Å². The van der Waals surface area contributed by atoms with E-state index >= 15 is 0 Å². The highest BCUT2D eigenvalue weighted by atomic mass is 127. The highest BCUT2D eigenvalue weighted by Gasteiger charge is 2.26. The van der Waals surface area contributed by atoms with Crippen LogP contribution in [0.5, 0.6) is 5.75 Å². The van der Waals surface area contributed by atoms with Gasteiger partial charge in [-0.25, -0.2) is 4.79 Å². The summed E-state index contributed by atoms with van der Waals surface area (Å²) in [4.78, 5) is 14.6. The van der Waals surface area contributed by atoms with Crippen molar-refractivity contribution in [2.45, 2.75) is 33.0 Å². The Balaban J connectivity index is 2.06. The first-order chi connectivity index (χ1) is 14.8. The number of ether oxygens (including phenoxy) is 2. The van der Waals surface area contributed by atoms with Crippen molar-refractivity contribution in [1.29, 1.82) is 0 Å². The fourth-order valence-corrected chi connectivity index (χ4v) is 4.07. The zero-order valence-corrected chi connectivity index (χ0v) is 20.7. The molecule has 3 aromatic rings. The Morgan fingerprint density at radius 2 is 1.71 bits per heavy atom. The van der Waals surface area contributed by atoms with E-state index in [2.05, 4.69) is 22.6 Å². The maximum atomic E-state index is 13.0. The lowest BCUT2D eigenvalue weighted by atomic mass is 10.1. The molecule has 0 N–H and O–H groups in total. The zero-order chi connectivity index (χ0) is 22.4. The number of fused-ring (bicyclic) bond motifs is 1. The van der Waals surface area contributed by atoms with Crippen molar-refractivity contribution in [3.63, 3.8) is 0 Å². The van der Waals surface area contributed by atoms with Crippen LogP contribution in [0.15, 0.2) is 72.3 Å². The molecule has 162 valence electrons. The number of carbonyl (C=O) groups is 1. The monoisotopic (exact) mass is 549 g/mol. The molecule has 4 nitrogen and oxygen atoms in total. The lowest BCUT2D eigenvalue weighted by Gasteiger charge is -2.28. The number of benzene rings is 3. The summed E-state index contributed by atoms with van der Waals surface area (Å²) in [5.74, 6) is 0.707. The van der Waals surface area contributed by atoms with Gasteiger partial charge < -0.3 is 9.47 Å². The molecule has 0 saturated heterocycles. The van der Waals surface area contributed by atoms with Crippen molar-refractivity contribution in [1.82, 2.24) is 0 Å². The van der Waals surface area contributed by atoms with Crippen molar-refractivity contribution in [2.75, 3.05) is 11.4 Å². The number of anilines is 1. The summed E-state index contributed by atoms with van der Waals surface area (Å²) in [6, 6.07) is 19.9. The number of halogens is 2. The van der Waals surface area contributed by atoms with E-state index in [1.807, 2.05) is 81.4 Å². The maximum absolute atomic E-state index is 13.0. The van der Waals surface area contributed by atoms with Crippen molar-refractivity contribution >= 4 is 56.7 Å². The molecule has 0 bridgehead atoms. The van der Waals surface area contributed by atoms with Gasteiger partial charge in [0.1, 0.15) is 18.0 Å². The van der Waals surface area contributed by atoms with Gasteiger partial charge in [-0.15, -0.1) is 0 Å². The third-order valence-corrected chi connectivity index (χ3v) is 5.75. The molecule has 0 aromatic heterocycles. The number of hydrogen-bond donors (Lipinski definition) is 0. The second kappa shape index (κ2) is 10.4. The molecule has 0 saturated carbocycles. The second-order valence-corrected chi connectivity index (χ2v) is 9.31. The first-order valence-corrected chi connectivity index (χ1v) is 11.5. The lowest BCUT2D eigenvalue weighted by molar-refractivity contribution is 0.0584. The molecule has 0 unspecified atom stereocenters. The molecule has 3 rings (SSSR count). The topological polar surface area (TPSA) is 38.8 Å². The molecule has 0 aliphatic carbocycles. The second-order valence-electron chi connectivity index (χ2n) is 7.98. The quantitative estimate of drug-likeness (QED) is 0.299. The van der Waals surface area contributed by atoms with E-state index in [0.29, 0.717) is 18.0 Å². The van der Waals surface area contributed by atoms with Crippen LogP contribution in [0.1, 0.15) is 26.3 Å². The summed E-state index contributed by atoms with van der Waals surface area (Å²) < 4.78 is 12.8. The van der Waals surface area contributed by atoms with E-state index in [1.54, 1.807) is 11.0 Å². The van der Waals surface area contributed by atoms with E-state index in [4.69, 9.17) is 21.1 Å². The number of amides is 1. The first-order valence-electron chi connectivity index (χ1n) is 9.94. The van der Waals surface area contributed by atoms with Crippen LogP contribution in [0.4, 0.5) is 10.5 Å². The molecule has 3 aromatic carbocycles. The van der Waals surface area contributed by atoms with Crippen LogP contribution in [0, 0.1) is 3.57 Å². The van der Waals surface area contributed by atoms with Crippen LogP contribution in [0.2, 0.25) is 0 Å². The summed E-state index contributed by atoms with van der Waals surface area (Å²) in [6.07, 6.45) is 1.27. The molecular weight excluding hydrogens is 525 g/mol. The van der Waals surface area contributed by atoms with E-state index in [1.165, 1.54) is 5.54 Å². The van der Waals surface area contributed by atoms with Gasteiger partial charge in [0, 0.05) is 32.5 Å². The van der Waals surface area contributed by atoms with E-state index in [-0.39, 0.29) is 6.54 Å². The number of rotatable bonds is 6. The molecule has 0 aliphatic heterocycles. The third-order valence-electron chi connectivity index (χ3n) is 4.44. The highest BCUT2D eigenvalue weighted by Crippen LogP contribution is 2.38. The molecule has 1 amide bonds. The molecule has 31 heavy (non-hydrogen) atoms. The average Bonchev–Trinajstić information content (AvgIpc) is 2.74. The summed E-state index contributed by atoms with van der Waals surface area (Å²) in [7, 11) is 0. The third kappa shape index (κ3) is 6.14. The van der Waals surface area contributed by atoms with Crippen molar-refractivity contribution in [2.24, 2.45) is 0 Å². The zero-order valence-electron chi connectivity index (χ0n) is 17.8. The van der Waals surface area contributed by atoms with E-state index < -0.39 is 11.7 Å². The number of nitrogens with zero attached hydrogens (tertiary/aromatic N) is 1. The Kier molecular flexibility index (Phi) is 7.84. The molecule has 0 fully saturated rings. The van der Waals surface area contributed by atoms with Gasteiger partial charge >= 0.3 is 6.09 Å². The molecule has 6 heteroatoms. The minimum atomic E-state index is -0.616. The summed E-state index contributed by atoms with van der Waals surface area (Å²) in [6.45, 7) is 6.25. The Hall–Kier alpha value is -2.25. The minimum absolute atomic E-state index is 0.283. The standard InChI is InChI=1S/C25H25ClINO3/c1-25(2,3)31-24(29)28(15-9-14-26)21-16-22(30-17-18-10-5-4-6-11-18)19-12-7-8-13-20(19)23(21)27/h4-14,16H,15,17H2,1-3H3. The molecule has 0 radical (unpaired) electrons. The van der Waals surface area contributed by atoms with Crippen LogP contribution >= 0.6 is 34.2 Å². The van der Waals surface area contributed by atoms with E-state index in [9.17, 15) is 4.79 Å². The van der Waals surface area contributed by atoms with Crippen molar-refractivity contribution in [3.05, 3.63) is 81.4 Å². The Labute approximate surface area is 201 Å². The largest absolute Gasteiger partial charge is 0.488 e. The van der Waals surface area contributed by atoms with Crippen LogP contribution < -0.4 is 9.64 Å². The minimum Gasteiger partial charge on any atom is -0.488 e. The van der Waals surface area contributed by atoms with E-state index in [0.717, 1.165) is 19.9 Å². The maximum Gasteiger partial charge on any atom is 0.415 e. The van der Waals surface area contributed by atoms with Crippen LogP contribution in [-0.4, -0.2) is 18.2 Å². The fourth-order valence-electron chi connectivity index (χ4n) is 3.08. The van der Waals surface area contributed by atoms with Gasteiger partial charge in [-0.2, -0.15) is 0 Å².